The monoisotopic (exact) mass is 358 g/mol. The molecular weight excluding hydrogens is 332 g/mol. The first-order chi connectivity index (χ1) is 12.1. The summed E-state index contributed by atoms with van der Waals surface area (Å²) in [5, 5.41) is 0. The quantitative estimate of drug-likeness (QED) is 0.587. The van der Waals surface area contributed by atoms with Gasteiger partial charge in [0, 0.05) is 11.4 Å². The van der Waals surface area contributed by atoms with Crippen LogP contribution in [0.15, 0.2) is 36.4 Å². The Kier molecular flexibility index (Phi) is 4.68. The van der Waals surface area contributed by atoms with Crippen LogP contribution in [0.4, 0.5) is 0 Å². The van der Waals surface area contributed by atoms with Crippen molar-refractivity contribution in [3.8, 4) is 0 Å². The fourth-order valence-electron chi connectivity index (χ4n) is 4.17. The molecule has 0 N–H and O–H groups in total. The summed E-state index contributed by atoms with van der Waals surface area (Å²) in [4.78, 5) is 0. The Bertz CT molecular complexity index is 700. The number of hydrogen-bond acceptors (Lipinski definition) is 2. The van der Waals surface area contributed by atoms with E-state index in [1.165, 1.54) is 36.0 Å². The fraction of sp³-hybridized carbons (Fsp3) is 0.545. The molecule has 2 fully saturated rings. The molecule has 0 amide bonds. The van der Waals surface area contributed by atoms with Gasteiger partial charge in [0.2, 0.25) is 6.29 Å². The first-order valence-electron chi connectivity index (χ1n) is 9.46. The lowest BCUT2D eigenvalue weighted by Crippen LogP contribution is -2.20. The van der Waals surface area contributed by atoms with Gasteiger partial charge in [0.1, 0.15) is 5.76 Å². The Labute approximate surface area is 155 Å². The minimum atomic E-state index is -0.260. The number of ether oxygens (including phenoxy) is 2. The van der Waals surface area contributed by atoms with E-state index in [1.807, 2.05) is 6.08 Å². The molecule has 2 nitrogen and oxygen atoms in total. The molecule has 25 heavy (non-hydrogen) atoms. The number of rotatable bonds is 5. The summed E-state index contributed by atoms with van der Waals surface area (Å²) in [6.07, 6.45) is 12.3. The summed E-state index contributed by atoms with van der Waals surface area (Å²) in [5.41, 5.74) is 4.07. The Morgan fingerprint density at radius 2 is 2.08 bits per heavy atom. The second kappa shape index (κ2) is 6.81. The van der Waals surface area contributed by atoms with Crippen LogP contribution in [0.5, 0.6) is 0 Å². The zero-order valence-electron chi connectivity index (χ0n) is 15.1. The fourth-order valence-corrected chi connectivity index (χ4v) is 4.34. The standard InChI is InChI=1S/C22H27ClO2/c1-22(2)12-4-5-19(22)18-13-15(14-23)8-11-17(18)20-6-3-7-21(25-20)24-16-9-10-16/h3,6-8,11,13,16,19,21H,4-5,9-10,12,14H2,1-2H3/t19-,21?/m0/s1. The van der Waals surface area contributed by atoms with Gasteiger partial charge in [0.25, 0.3) is 0 Å². The zero-order chi connectivity index (χ0) is 17.4. The molecule has 3 aliphatic rings. The third-order valence-corrected chi connectivity index (χ3v) is 6.09. The molecular formula is C22H27ClO2. The number of benzene rings is 1. The van der Waals surface area contributed by atoms with E-state index in [-0.39, 0.29) is 6.29 Å². The van der Waals surface area contributed by atoms with Crippen molar-refractivity contribution in [2.75, 3.05) is 0 Å². The summed E-state index contributed by atoms with van der Waals surface area (Å²) >= 11 is 6.13. The molecule has 0 spiro atoms. The van der Waals surface area contributed by atoms with Gasteiger partial charge in [-0.15, -0.1) is 11.6 Å². The summed E-state index contributed by atoms with van der Waals surface area (Å²) < 4.78 is 12.1. The molecule has 0 saturated heterocycles. The molecule has 1 heterocycles. The summed E-state index contributed by atoms with van der Waals surface area (Å²) in [7, 11) is 0. The van der Waals surface area contributed by atoms with Gasteiger partial charge in [0.05, 0.1) is 6.10 Å². The maximum absolute atomic E-state index is 6.18. The summed E-state index contributed by atoms with van der Waals surface area (Å²) in [6.45, 7) is 4.77. The number of alkyl halides is 1. The molecule has 0 bridgehead atoms. The van der Waals surface area contributed by atoms with E-state index >= 15 is 0 Å². The second-order valence-electron chi connectivity index (χ2n) is 8.23. The van der Waals surface area contributed by atoms with Crippen molar-refractivity contribution < 1.29 is 9.47 Å². The van der Waals surface area contributed by atoms with Crippen molar-refractivity contribution in [1.29, 1.82) is 0 Å². The van der Waals surface area contributed by atoms with Crippen LogP contribution in [0.1, 0.15) is 68.6 Å². The minimum Gasteiger partial charge on any atom is -0.461 e. The van der Waals surface area contributed by atoms with Crippen LogP contribution in [-0.2, 0) is 15.4 Å². The molecule has 2 atom stereocenters. The summed E-state index contributed by atoms with van der Waals surface area (Å²) in [5.74, 6) is 2.02. The van der Waals surface area contributed by atoms with Crippen LogP contribution in [0.2, 0.25) is 0 Å². The van der Waals surface area contributed by atoms with Crippen LogP contribution >= 0.6 is 11.6 Å². The van der Waals surface area contributed by atoms with Gasteiger partial charge >= 0.3 is 0 Å². The van der Waals surface area contributed by atoms with Crippen LogP contribution in [0.25, 0.3) is 5.76 Å². The second-order valence-corrected chi connectivity index (χ2v) is 8.49. The highest BCUT2D eigenvalue weighted by molar-refractivity contribution is 6.17. The molecule has 1 unspecified atom stereocenters. The van der Waals surface area contributed by atoms with Gasteiger partial charge in [-0.25, -0.2) is 0 Å². The molecule has 0 radical (unpaired) electrons. The highest BCUT2D eigenvalue weighted by Gasteiger charge is 2.37. The Hall–Kier alpha value is -1.25. The molecule has 2 saturated carbocycles. The number of hydrogen-bond donors (Lipinski definition) is 0. The van der Waals surface area contributed by atoms with Crippen molar-refractivity contribution >= 4 is 17.4 Å². The van der Waals surface area contributed by atoms with Crippen molar-refractivity contribution in [3.05, 3.63) is 53.1 Å². The first-order valence-corrected chi connectivity index (χ1v) is 10.00. The molecule has 1 aromatic rings. The van der Waals surface area contributed by atoms with E-state index in [2.05, 4.69) is 44.2 Å². The molecule has 2 aliphatic carbocycles. The van der Waals surface area contributed by atoms with Gasteiger partial charge in [0.15, 0.2) is 0 Å². The third-order valence-electron chi connectivity index (χ3n) is 5.78. The van der Waals surface area contributed by atoms with E-state index in [9.17, 15) is 0 Å². The number of halogens is 1. The van der Waals surface area contributed by atoms with Gasteiger partial charge in [-0.1, -0.05) is 44.5 Å². The van der Waals surface area contributed by atoms with Gasteiger partial charge in [-0.3, -0.25) is 0 Å². The van der Waals surface area contributed by atoms with Crippen LogP contribution in [0, 0.1) is 5.41 Å². The molecule has 1 aromatic carbocycles. The van der Waals surface area contributed by atoms with Gasteiger partial charge in [-0.2, -0.15) is 0 Å². The first kappa shape index (κ1) is 17.2. The molecule has 4 rings (SSSR count). The van der Waals surface area contributed by atoms with Crippen molar-refractivity contribution in [2.45, 2.75) is 70.1 Å². The Balaban J connectivity index is 1.66. The highest BCUT2D eigenvalue weighted by Crippen LogP contribution is 2.50. The topological polar surface area (TPSA) is 18.5 Å². The number of allylic oxidation sites excluding steroid dienone is 2. The molecule has 134 valence electrons. The normalized spacial score (nSPS) is 27.9. The largest absolute Gasteiger partial charge is 0.461 e. The van der Waals surface area contributed by atoms with Crippen molar-refractivity contribution in [2.24, 2.45) is 5.41 Å². The lowest BCUT2D eigenvalue weighted by atomic mass is 9.75. The van der Waals surface area contributed by atoms with Crippen molar-refractivity contribution in [1.82, 2.24) is 0 Å². The predicted octanol–water partition coefficient (Wildman–Crippen LogP) is 6.15. The van der Waals surface area contributed by atoms with E-state index in [4.69, 9.17) is 21.1 Å². The minimum absolute atomic E-state index is 0.260. The van der Waals surface area contributed by atoms with Gasteiger partial charge in [-0.05, 0) is 60.3 Å². The van der Waals surface area contributed by atoms with E-state index in [0.717, 1.165) is 18.6 Å². The van der Waals surface area contributed by atoms with Crippen LogP contribution in [0.3, 0.4) is 0 Å². The zero-order valence-corrected chi connectivity index (χ0v) is 15.9. The maximum atomic E-state index is 6.18. The Morgan fingerprint density at radius 1 is 1.24 bits per heavy atom. The van der Waals surface area contributed by atoms with E-state index in [1.54, 1.807) is 0 Å². The maximum Gasteiger partial charge on any atom is 0.220 e. The lowest BCUT2D eigenvalue weighted by molar-refractivity contribution is -0.0732. The lowest BCUT2D eigenvalue weighted by Gasteiger charge is -2.31. The average molecular weight is 359 g/mol. The van der Waals surface area contributed by atoms with Crippen LogP contribution < -0.4 is 0 Å². The SMILES string of the molecule is CC1(C)CCC[C@H]1c1cc(CCl)ccc1C1=CC=CC(OC2CC2)O1. The van der Waals surface area contributed by atoms with Crippen molar-refractivity contribution in [3.63, 3.8) is 0 Å². The van der Waals surface area contributed by atoms with Crippen LogP contribution in [-0.4, -0.2) is 12.4 Å². The molecule has 3 heteroatoms. The third kappa shape index (κ3) is 3.66. The van der Waals surface area contributed by atoms with E-state index < -0.39 is 0 Å². The predicted molar refractivity (Wildman–Crippen MR) is 102 cm³/mol. The smallest absolute Gasteiger partial charge is 0.220 e. The van der Waals surface area contributed by atoms with E-state index in [0.29, 0.717) is 23.3 Å². The average Bonchev–Trinajstić information content (AvgIpc) is 3.35. The highest BCUT2D eigenvalue weighted by atomic mass is 35.5. The summed E-state index contributed by atoms with van der Waals surface area (Å²) in [6, 6.07) is 6.59. The van der Waals surface area contributed by atoms with Gasteiger partial charge < -0.3 is 9.47 Å². The molecule has 1 aliphatic heterocycles. The Morgan fingerprint density at radius 3 is 2.76 bits per heavy atom. The molecule has 0 aromatic heterocycles.